The van der Waals surface area contributed by atoms with Gasteiger partial charge < -0.3 is 15.4 Å². The lowest BCUT2D eigenvalue weighted by Crippen LogP contribution is -2.38. The molecule has 1 atom stereocenters. The summed E-state index contributed by atoms with van der Waals surface area (Å²) < 4.78 is 5.93. The van der Waals surface area contributed by atoms with Crippen LogP contribution in [0.1, 0.15) is 28.9 Å². The van der Waals surface area contributed by atoms with Crippen LogP contribution in [0.4, 0.5) is 5.69 Å². The van der Waals surface area contributed by atoms with Gasteiger partial charge in [-0.1, -0.05) is 12.1 Å². The molecule has 0 saturated carbocycles. The molecule has 8 nitrogen and oxygen atoms in total. The Morgan fingerprint density at radius 1 is 1.26 bits per heavy atom. The van der Waals surface area contributed by atoms with Crippen molar-refractivity contribution < 1.29 is 19.2 Å². The Hall–Kier alpha value is -2.94. The first-order valence-electron chi connectivity index (χ1n) is 7.97. The minimum absolute atomic E-state index is 0.115. The number of rotatable bonds is 7. The molecule has 0 aliphatic carbocycles. The van der Waals surface area contributed by atoms with Gasteiger partial charge >= 0.3 is 0 Å². The molecule has 0 aromatic heterocycles. The number of amides is 2. The summed E-state index contributed by atoms with van der Waals surface area (Å²) in [4.78, 5) is 34.3. The largest absolute Gasteiger partial charge is 0.496 e. The lowest BCUT2D eigenvalue weighted by atomic mass is 10.1. The summed E-state index contributed by atoms with van der Waals surface area (Å²) in [6.45, 7) is 1.57. The van der Waals surface area contributed by atoms with Crippen molar-refractivity contribution in [3.05, 3.63) is 68.2 Å². The molecule has 0 radical (unpaired) electrons. The van der Waals surface area contributed by atoms with Crippen LogP contribution in [0.3, 0.4) is 0 Å². The maximum absolute atomic E-state index is 12.1. The number of nitrogens with zero attached hydrogens (tertiary/aromatic N) is 1. The van der Waals surface area contributed by atoms with Crippen LogP contribution in [0.5, 0.6) is 5.75 Å². The van der Waals surface area contributed by atoms with Gasteiger partial charge in [-0.15, -0.1) is 0 Å². The highest BCUT2D eigenvalue weighted by molar-refractivity contribution is 9.10. The highest BCUT2D eigenvalue weighted by Crippen LogP contribution is 2.27. The Morgan fingerprint density at radius 3 is 2.63 bits per heavy atom. The fraction of sp³-hybridized carbons (Fsp3) is 0.222. The van der Waals surface area contributed by atoms with E-state index in [0.29, 0.717) is 5.75 Å². The van der Waals surface area contributed by atoms with Crippen molar-refractivity contribution in [3.63, 3.8) is 0 Å². The predicted molar refractivity (Wildman–Crippen MR) is 103 cm³/mol. The number of nitrogens with one attached hydrogen (secondary N) is 2. The molecule has 27 heavy (non-hydrogen) atoms. The van der Waals surface area contributed by atoms with E-state index < -0.39 is 10.8 Å². The molecule has 1 unspecified atom stereocenters. The van der Waals surface area contributed by atoms with E-state index in [4.69, 9.17) is 4.74 Å². The van der Waals surface area contributed by atoms with E-state index in [1.165, 1.54) is 18.2 Å². The Bertz CT molecular complexity index is 872. The van der Waals surface area contributed by atoms with E-state index in [-0.39, 0.29) is 29.7 Å². The molecule has 0 saturated heterocycles. The van der Waals surface area contributed by atoms with Crippen molar-refractivity contribution >= 4 is 33.4 Å². The van der Waals surface area contributed by atoms with E-state index in [9.17, 15) is 19.7 Å². The molecular weight excluding hydrogens is 418 g/mol. The Balaban J connectivity index is 1.92. The van der Waals surface area contributed by atoms with Crippen LogP contribution in [0.15, 0.2) is 46.9 Å². The van der Waals surface area contributed by atoms with E-state index >= 15 is 0 Å². The van der Waals surface area contributed by atoms with Crippen molar-refractivity contribution in [2.45, 2.75) is 13.0 Å². The van der Waals surface area contributed by atoms with Crippen LogP contribution in [0, 0.1) is 10.1 Å². The van der Waals surface area contributed by atoms with E-state index in [1.807, 2.05) is 19.1 Å². The third-order valence-electron chi connectivity index (χ3n) is 3.78. The summed E-state index contributed by atoms with van der Waals surface area (Å²) in [7, 11) is 1.56. The number of nitro groups is 1. The average molecular weight is 436 g/mol. The maximum atomic E-state index is 12.1. The fourth-order valence-corrected chi connectivity index (χ4v) is 2.91. The molecule has 2 N–H and O–H groups in total. The maximum Gasteiger partial charge on any atom is 0.270 e. The van der Waals surface area contributed by atoms with Gasteiger partial charge in [0.1, 0.15) is 5.75 Å². The van der Waals surface area contributed by atoms with Gasteiger partial charge in [0.05, 0.1) is 29.1 Å². The highest BCUT2D eigenvalue weighted by Gasteiger charge is 2.14. The van der Waals surface area contributed by atoms with E-state index in [1.54, 1.807) is 13.2 Å². The first kappa shape index (κ1) is 20.4. The van der Waals surface area contributed by atoms with Crippen LogP contribution in [-0.4, -0.2) is 30.4 Å². The standard InChI is InChI=1S/C18H18BrN3O5/c1-11(12-6-7-16(27-2)15(19)9-12)21-17(23)10-20-18(24)13-4-3-5-14(8-13)22(25)26/h3-9,11H,10H2,1-2H3,(H,20,24)(H,21,23). The minimum atomic E-state index is -0.585. The lowest BCUT2D eigenvalue weighted by molar-refractivity contribution is -0.384. The molecular formula is C18H18BrN3O5. The van der Waals surface area contributed by atoms with Gasteiger partial charge in [-0.2, -0.15) is 0 Å². The molecule has 0 aliphatic heterocycles. The van der Waals surface area contributed by atoms with E-state index in [0.717, 1.165) is 16.1 Å². The summed E-state index contributed by atoms with van der Waals surface area (Å²) in [5, 5.41) is 16.0. The first-order valence-corrected chi connectivity index (χ1v) is 8.76. The number of carbonyl (C=O) groups is 2. The Morgan fingerprint density at radius 2 is 2.00 bits per heavy atom. The van der Waals surface area contributed by atoms with Gasteiger partial charge in [0.15, 0.2) is 0 Å². The average Bonchev–Trinajstić information content (AvgIpc) is 2.66. The molecule has 2 aromatic rings. The monoisotopic (exact) mass is 435 g/mol. The second kappa shape index (κ2) is 9.13. The van der Waals surface area contributed by atoms with Gasteiger partial charge in [-0.05, 0) is 46.6 Å². The summed E-state index contributed by atoms with van der Waals surface area (Å²) in [6.07, 6.45) is 0. The van der Waals surface area contributed by atoms with Crippen molar-refractivity contribution in [2.24, 2.45) is 0 Å². The van der Waals surface area contributed by atoms with Crippen molar-refractivity contribution in [3.8, 4) is 5.75 Å². The van der Waals surface area contributed by atoms with Gasteiger partial charge in [0.2, 0.25) is 5.91 Å². The third-order valence-corrected chi connectivity index (χ3v) is 4.40. The molecule has 142 valence electrons. The number of carbonyl (C=O) groups excluding carboxylic acids is 2. The van der Waals surface area contributed by atoms with Crippen LogP contribution >= 0.6 is 15.9 Å². The van der Waals surface area contributed by atoms with E-state index in [2.05, 4.69) is 26.6 Å². The number of ether oxygens (including phenoxy) is 1. The lowest BCUT2D eigenvalue weighted by Gasteiger charge is -2.16. The topological polar surface area (TPSA) is 111 Å². The molecule has 2 amide bonds. The zero-order valence-electron chi connectivity index (χ0n) is 14.7. The second-order valence-corrected chi connectivity index (χ2v) is 6.53. The Labute approximate surface area is 164 Å². The number of nitro benzene ring substituents is 1. The number of halogens is 1. The predicted octanol–water partition coefficient (Wildman–Crippen LogP) is 2.97. The molecule has 9 heteroatoms. The summed E-state index contributed by atoms with van der Waals surface area (Å²) in [5.74, 6) is -0.261. The summed E-state index contributed by atoms with van der Waals surface area (Å²) in [5.41, 5.74) is 0.788. The van der Waals surface area contributed by atoms with Gasteiger partial charge in [0, 0.05) is 17.7 Å². The number of non-ortho nitro benzene ring substituents is 1. The summed E-state index contributed by atoms with van der Waals surface area (Å²) in [6, 6.07) is 10.5. The Kier molecular flexibility index (Phi) is 6.89. The number of benzene rings is 2. The van der Waals surface area contributed by atoms with Crippen LogP contribution < -0.4 is 15.4 Å². The minimum Gasteiger partial charge on any atom is -0.496 e. The zero-order chi connectivity index (χ0) is 20.0. The van der Waals surface area contributed by atoms with Crippen molar-refractivity contribution in [1.82, 2.24) is 10.6 Å². The summed E-state index contributed by atoms with van der Waals surface area (Å²) >= 11 is 3.39. The molecule has 0 aliphatic rings. The van der Waals surface area contributed by atoms with Gasteiger partial charge in [-0.25, -0.2) is 0 Å². The molecule has 0 spiro atoms. The third kappa shape index (κ3) is 5.52. The van der Waals surface area contributed by atoms with Gasteiger partial charge in [0.25, 0.3) is 11.6 Å². The second-order valence-electron chi connectivity index (χ2n) is 5.67. The van der Waals surface area contributed by atoms with Crippen LogP contribution in [0.25, 0.3) is 0 Å². The number of methoxy groups -OCH3 is 1. The zero-order valence-corrected chi connectivity index (χ0v) is 16.3. The van der Waals surface area contributed by atoms with Crippen molar-refractivity contribution in [1.29, 1.82) is 0 Å². The molecule has 0 fully saturated rings. The van der Waals surface area contributed by atoms with Gasteiger partial charge in [-0.3, -0.25) is 19.7 Å². The smallest absolute Gasteiger partial charge is 0.270 e. The number of hydrogen-bond donors (Lipinski definition) is 2. The molecule has 2 aromatic carbocycles. The normalized spacial score (nSPS) is 11.4. The first-order chi connectivity index (χ1) is 12.8. The highest BCUT2D eigenvalue weighted by atomic mass is 79.9. The van der Waals surface area contributed by atoms with Crippen LogP contribution in [-0.2, 0) is 4.79 Å². The van der Waals surface area contributed by atoms with Crippen molar-refractivity contribution in [2.75, 3.05) is 13.7 Å². The fourth-order valence-electron chi connectivity index (χ4n) is 2.35. The van der Waals surface area contributed by atoms with Crippen LogP contribution in [0.2, 0.25) is 0 Å². The SMILES string of the molecule is COc1ccc(C(C)NC(=O)CNC(=O)c2cccc([N+](=O)[O-])c2)cc1Br. The molecule has 0 heterocycles. The molecule has 0 bridgehead atoms. The number of hydrogen-bond acceptors (Lipinski definition) is 5. The quantitative estimate of drug-likeness (QED) is 0.512. The molecule has 2 rings (SSSR count).